The molecule has 1 aliphatic carbocycles. The first-order chi connectivity index (χ1) is 9.19. The molecular formula is C18H25N. The molecule has 2 rings (SSSR count). The maximum absolute atomic E-state index is 4.77. The Bertz CT molecular complexity index is 444. The summed E-state index contributed by atoms with van der Waals surface area (Å²) in [4.78, 5) is 4.77. The van der Waals surface area contributed by atoms with Crippen LogP contribution >= 0.6 is 0 Å². The molecular weight excluding hydrogens is 230 g/mol. The third-order valence-corrected chi connectivity index (χ3v) is 4.19. The third-order valence-electron chi connectivity index (χ3n) is 4.19. The summed E-state index contributed by atoms with van der Waals surface area (Å²) in [5.41, 5.74) is 2.81. The van der Waals surface area contributed by atoms with Crippen molar-refractivity contribution in [1.29, 1.82) is 0 Å². The molecule has 0 aromatic heterocycles. The molecule has 1 nitrogen and oxygen atoms in total. The van der Waals surface area contributed by atoms with Gasteiger partial charge in [0.05, 0.1) is 6.04 Å². The molecule has 19 heavy (non-hydrogen) atoms. The van der Waals surface area contributed by atoms with Crippen LogP contribution < -0.4 is 0 Å². The first-order valence-electron chi connectivity index (χ1n) is 7.41. The van der Waals surface area contributed by atoms with Gasteiger partial charge in [0.1, 0.15) is 0 Å². The lowest BCUT2D eigenvalue weighted by Gasteiger charge is -2.31. The van der Waals surface area contributed by atoms with Crippen molar-refractivity contribution in [3.8, 4) is 0 Å². The predicted molar refractivity (Wildman–Crippen MR) is 83.8 cm³/mol. The Hall–Kier alpha value is -1.37. The molecule has 0 N–H and O–H groups in total. The van der Waals surface area contributed by atoms with E-state index in [4.69, 9.17) is 4.99 Å². The minimum atomic E-state index is 0.415. The summed E-state index contributed by atoms with van der Waals surface area (Å²) >= 11 is 0. The van der Waals surface area contributed by atoms with Crippen LogP contribution in [-0.4, -0.2) is 12.3 Å². The molecule has 0 radical (unpaired) electrons. The second-order valence-corrected chi connectivity index (χ2v) is 5.89. The number of rotatable bonds is 3. The minimum Gasteiger partial charge on any atom is -0.289 e. The summed E-state index contributed by atoms with van der Waals surface area (Å²) in [7, 11) is 0. The number of allylic oxidation sites excluding steroid dienone is 2. The summed E-state index contributed by atoms with van der Waals surface area (Å²) in [5, 5.41) is 0. The van der Waals surface area contributed by atoms with Crippen molar-refractivity contribution < 1.29 is 0 Å². The SMILES string of the molecule is CC=C1CC(C)CC(C(C)N=Cc2ccccc2)C1. The van der Waals surface area contributed by atoms with Gasteiger partial charge >= 0.3 is 0 Å². The molecule has 1 aliphatic rings. The molecule has 0 spiro atoms. The standard InChI is InChI=1S/C18H25N/c1-4-16-10-14(2)11-18(12-16)15(3)19-13-17-8-6-5-7-9-17/h4-9,13-15,18H,10-12H2,1-3H3. The smallest absolute Gasteiger partial charge is 0.0503 e. The number of hydrogen-bond donors (Lipinski definition) is 0. The minimum absolute atomic E-state index is 0.415. The second-order valence-electron chi connectivity index (χ2n) is 5.89. The van der Waals surface area contributed by atoms with Gasteiger partial charge in [-0.1, -0.05) is 48.9 Å². The fraction of sp³-hybridized carbons (Fsp3) is 0.500. The van der Waals surface area contributed by atoms with E-state index in [0.717, 1.165) is 5.92 Å². The van der Waals surface area contributed by atoms with Gasteiger partial charge in [0.15, 0.2) is 0 Å². The van der Waals surface area contributed by atoms with Crippen molar-refractivity contribution in [2.45, 2.75) is 46.1 Å². The Morgan fingerprint density at radius 3 is 2.63 bits per heavy atom. The van der Waals surface area contributed by atoms with Gasteiger partial charge in [-0.05, 0) is 50.5 Å². The van der Waals surface area contributed by atoms with Crippen LogP contribution in [0.3, 0.4) is 0 Å². The van der Waals surface area contributed by atoms with Crippen LogP contribution in [-0.2, 0) is 0 Å². The summed E-state index contributed by atoms with van der Waals surface area (Å²) in [6, 6.07) is 10.8. The van der Waals surface area contributed by atoms with Crippen molar-refractivity contribution in [2.24, 2.45) is 16.8 Å². The van der Waals surface area contributed by atoms with E-state index in [1.165, 1.54) is 24.8 Å². The van der Waals surface area contributed by atoms with E-state index >= 15 is 0 Å². The van der Waals surface area contributed by atoms with Crippen LogP contribution in [0.5, 0.6) is 0 Å². The molecule has 1 aromatic carbocycles. The average molecular weight is 255 g/mol. The molecule has 1 fully saturated rings. The Morgan fingerprint density at radius 2 is 1.95 bits per heavy atom. The number of benzene rings is 1. The lowest BCUT2D eigenvalue weighted by atomic mass is 9.76. The zero-order chi connectivity index (χ0) is 13.7. The van der Waals surface area contributed by atoms with Crippen LogP contribution in [0.1, 0.15) is 45.6 Å². The van der Waals surface area contributed by atoms with Gasteiger partial charge in [-0.25, -0.2) is 0 Å². The Morgan fingerprint density at radius 1 is 1.21 bits per heavy atom. The van der Waals surface area contributed by atoms with E-state index in [2.05, 4.69) is 51.1 Å². The Labute approximate surface area is 117 Å². The molecule has 1 aromatic rings. The highest BCUT2D eigenvalue weighted by atomic mass is 14.8. The first kappa shape index (κ1) is 14.0. The predicted octanol–water partition coefficient (Wildman–Crippen LogP) is 4.88. The van der Waals surface area contributed by atoms with Gasteiger partial charge in [-0.15, -0.1) is 0 Å². The highest BCUT2D eigenvalue weighted by molar-refractivity contribution is 5.79. The van der Waals surface area contributed by atoms with Gasteiger partial charge in [0.2, 0.25) is 0 Å². The van der Waals surface area contributed by atoms with E-state index in [0.29, 0.717) is 12.0 Å². The molecule has 3 atom stereocenters. The lowest BCUT2D eigenvalue weighted by Crippen LogP contribution is -2.23. The number of aliphatic imine (C=N–C) groups is 1. The van der Waals surface area contributed by atoms with Crippen LogP contribution in [0.4, 0.5) is 0 Å². The highest BCUT2D eigenvalue weighted by Crippen LogP contribution is 2.35. The van der Waals surface area contributed by atoms with E-state index in [1.807, 2.05) is 12.3 Å². The first-order valence-corrected chi connectivity index (χ1v) is 7.41. The Balaban J connectivity index is 1.99. The van der Waals surface area contributed by atoms with E-state index in [9.17, 15) is 0 Å². The fourth-order valence-electron chi connectivity index (χ4n) is 3.02. The van der Waals surface area contributed by atoms with Crippen LogP contribution in [0.2, 0.25) is 0 Å². The number of hydrogen-bond acceptors (Lipinski definition) is 1. The molecule has 1 heteroatoms. The molecule has 0 bridgehead atoms. The topological polar surface area (TPSA) is 12.4 Å². The van der Waals surface area contributed by atoms with Crippen molar-refractivity contribution in [3.05, 3.63) is 47.5 Å². The summed E-state index contributed by atoms with van der Waals surface area (Å²) in [5.74, 6) is 1.51. The van der Waals surface area contributed by atoms with Crippen LogP contribution in [0.25, 0.3) is 0 Å². The van der Waals surface area contributed by atoms with Crippen molar-refractivity contribution in [1.82, 2.24) is 0 Å². The van der Waals surface area contributed by atoms with Gasteiger partial charge < -0.3 is 0 Å². The van der Waals surface area contributed by atoms with Crippen LogP contribution in [0, 0.1) is 11.8 Å². The molecule has 0 amide bonds. The van der Waals surface area contributed by atoms with Gasteiger partial charge in [-0.3, -0.25) is 4.99 Å². The largest absolute Gasteiger partial charge is 0.289 e. The van der Waals surface area contributed by atoms with E-state index in [-0.39, 0.29) is 0 Å². The molecule has 102 valence electrons. The average Bonchev–Trinajstić information content (AvgIpc) is 2.45. The molecule has 0 saturated heterocycles. The second kappa shape index (κ2) is 6.70. The lowest BCUT2D eigenvalue weighted by molar-refractivity contribution is 0.302. The van der Waals surface area contributed by atoms with E-state index in [1.54, 1.807) is 5.57 Å². The molecule has 0 aliphatic heterocycles. The quantitative estimate of drug-likeness (QED) is 0.539. The zero-order valence-corrected chi connectivity index (χ0v) is 12.3. The van der Waals surface area contributed by atoms with Crippen molar-refractivity contribution >= 4 is 6.21 Å². The number of nitrogens with zero attached hydrogens (tertiary/aromatic N) is 1. The van der Waals surface area contributed by atoms with Crippen molar-refractivity contribution in [3.63, 3.8) is 0 Å². The molecule has 3 unspecified atom stereocenters. The summed E-state index contributed by atoms with van der Waals surface area (Å²) < 4.78 is 0. The summed E-state index contributed by atoms with van der Waals surface area (Å²) in [6.45, 7) is 6.79. The normalized spacial score (nSPS) is 27.8. The van der Waals surface area contributed by atoms with Gasteiger partial charge in [0, 0.05) is 6.21 Å². The summed E-state index contributed by atoms with van der Waals surface area (Å²) in [6.07, 6.45) is 8.15. The third kappa shape index (κ3) is 4.05. The van der Waals surface area contributed by atoms with E-state index < -0.39 is 0 Å². The maximum Gasteiger partial charge on any atom is 0.0503 e. The molecule has 0 heterocycles. The Kier molecular flexibility index (Phi) is 4.95. The van der Waals surface area contributed by atoms with Gasteiger partial charge in [-0.2, -0.15) is 0 Å². The highest BCUT2D eigenvalue weighted by Gasteiger charge is 2.25. The maximum atomic E-state index is 4.77. The van der Waals surface area contributed by atoms with Gasteiger partial charge in [0.25, 0.3) is 0 Å². The monoisotopic (exact) mass is 255 g/mol. The fourth-order valence-corrected chi connectivity index (χ4v) is 3.02. The van der Waals surface area contributed by atoms with Crippen LogP contribution in [0.15, 0.2) is 47.0 Å². The molecule has 1 saturated carbocycles. The zero-order valence-electron chi connectivity index (χ0n) is 12.3. The van der Waals surface area contributed by atoms with Crippen molar-refractivity contribution in [2.75, 3.05) is 0 Å².